The van der Waals surface area contributed by atoms with E-state index in [9.17, 15) is 14.0 Å². The Bertz CT molecular complexity index is 566. The molecule has 0 spiro atoms. The number of halogens is 2. The number of rotatable bonds is 5. The normalized spacial score (nSPS) is 10.7. The van der Waals surface area contributed by atoms with Crippen LogP contribution in [0.2, 0.25) is 5.02 Å². The van der Waals surface area contributed by atoms with Crippen LogP contribution in [0, 0.1) is 24.6 Å². The van der Waals surface area contributed by atoms with Gasteiger partial charge < -0.3 is 15.4 Å². The van der Waals surface area contributed by atoms with E-state index in [1.54, 1.807) is 19.1 Å². The van der Waals surface area contributed by atoms with Crippen molar-refractivity contribution in [3.8, 4) is 12.8 Å². The zero-order chi connectivity index (χ0) is 21.1. The van der Waals surface area contributed by atoms with Gasteiger partial charge in [-0.05, 0) is 30.7 Å². The van der Waals surface area contributed by atoms with Crippen molar-refractivity contribution in [2.45, 2.75) is 47.6 Å². The molecule has 0 heterocycles. The van der Waals surface area contributed by atoms with E-state index in [1.807, 2.05) is 34.6 Å². The van der Waals surface area contributed by atoms with E-state index < -0.39 is 17.9 Å². The minimum atomic E-state index is -0.680. The molecule has 1 aromatic rings. The van der Waals surface area contributed by atoms with E-state index in [1.165, 1.54) is 12.1 Å². The van der Waals surface area contributed by atoms with Crippen LogP contribution < -0.4 is 56.7 Å². The van der Waals surface area contributed by atoms with E-state index in [-0.39, 0.29) is 68.0 Å². The van der Waals surface area contributed by atoms with Gasteiger partial charge in [-0.25, -0.2) is 4.39 Å². The molecule has 2 atom stereocenters. The fourth-order valence-electron chi connectivity index (χ4n) is 1.56. The van der Waals surface area contributed by atoms with E-state index in [0.717, 1.165) is 6.07 Å². The van der Waals surface area contributed by atoms with Crippen LogP contribution in [0.5, 0.6) is 0 Å². The average molecular weight is 423 g/mol. The SMILES string of the molecule is C#C.C/C=C\C(C)[C@H](C=O)NC(=O)[N-]c1ccc(F)c(Cl)c1.CC.CC.[K+]. The first kappa shape index (κ1) is 33.9. The summed E-state index contributed by atoms with van der Waals surface area (Å²) >= 11 is 5.59. The third-order valence-corrected chi connectivity index (χ3v) is 2.92. The van der Waals surface area contributed by atoms with E-state index in [2.05, 4.69) is 23.5 Å². The van der Waals surface area contributed by atoms with Crippen molar-refractivity contribution >= 4 is 29.6 Å². The Morgan fingerprint density at radius 3 is 2.19 bits per heavy atom. The fourth-order valence-corrected chi connectivity index (χ4v) is 1.73. The number of hydrogen-bond acceptors (Lipinski definition) is 2. The van der Waals surface area contributed by atoms with Crippen molar-refractivity contribution in [2.75, 3.05) is 0 Å². The zero-order valence-electron chi connectivity index (χ0n) is 17.3. The molecule has 1 N–H and O–H groups in total. The summed E-state index contributed by atoms with van der Waals surface area (Å²) in [7, 11) is 0. The molecule has 1 rings (SSSR count). The van der Waals surface area contributed by atoms with Gasteiger partial charge in [-0.2, -0.15) is 0 Å². The number of terminal acetylenes is 1. The van der Waals surface area contributed by atoms with Crippen molar-refractivity contribution in [3.05, 3.63) is 46.5 Å². The van der Waals surface area contributed by atoms with Gasteiger partial charge in [0, 0.05) is 6.04 Å². The maximum absolute atomic E-state index is 13.0. The Labute approximate surface area is 211 Å². The number of allylic oxidation sites excluding steroid dienone is 1. The Kier molecular flexibility index (Phi) is 29.3. The number of benzene rings is 1. The number of aldehydes is 1. The van der Waals surface area contributed by atoms with Crippen molar-refractivity contribution in [1.82, 2.24) is 5.32 Å². The maximum atomic E-state index is 13.0. The first-order valence-corrected chi connectivity index (χ1v) is 8.74. The van der Waals surface area contributed by atoms with Crippen molar-refractivity contribution in [2.24, 2.45) is 5.92 Å². The maximum Gasteiger partial charge on any atom is 1.00 e. The molecule has 0 radical (unpaired) electrons. The topological polar surface area (TPSA) is 60.3 Å². The molecule has 27 heavy (non-hydrogen) atoms. The third-order valence-electron chi connectivity index (χ3n) is 2.63. The third kappa shape index (κ3) is 16.0. The second-order valence-corrected chi connectivity index (χ2v) is 4.61. The zero-order valence-corrected chi connectivity index (χ0v) is 21.2. The molecule has 1 aromatic carbocycles. The Morgan fingerprint density at radius 1 is 1.26 bits per heavy atom. The van der Waals surface area contributed by atoms with Gasteiger partial charge in [-0.3, -0.25) is 4.79 Å². The molecule has 146 valence electrons. The summed E-state index contributed by atoms with van der Waals surface area (Å²) < 4.78 is 13.0. The Hall–Kier alpha value is -0.684. The first-order valence-electron chi connectivity index (χ1n) is 8.36. The number of amides is 2. The van der Waals surface area contributed by atoms with Crippen LogP contribution in [-0.2, 0) is 4.79 Å². The summed E-state index contributed by atoms with van der Waals surface area (Å²) in [5, 5.41) is 6.06. The Morgan fingerprint density at radius 2 is 1.78 bits per heavy atom. The molecule has 0 aliphatic heterocycles. The second-order valence-electron chi connectivity index (χ2n) is 4.21. The van der Waals surface area contributed by atoms with Crippen LogP contribution in [0.25, 0.3) is 5.32 Å². The Balaban J connectivity index is -0.000000342. The number of hydrogen-bond donors (Lipinski definition) is 1. The summed E-state index contributed by atoms with van der Waals surface area (Å²) in [5.74, 6) is -0.730. The molecule has 0 aliphatic carbocycles. The average Bonchev–Trinajstić information content (AvgIpc) is 2.67. The van der Waals surface area contributed by atoms with Crippen LogP contribution in [0.4, 0.5) is 14.9 Å². The van der Waals surface area contributed by atoms with Crippen molar-refractivity contribution in [3.63, 3.8) is 0 Å². The van der Waals surface area contributed by atoms with Gasteiger partial charge in [-0.1, -0.05) is 64.4 Å². The molecule has 0 saturated carbocycles. The minimum Gasteiger partial charge on any atom is -0.439 e. The van der Waals surface area contributed by atoms with Gasteiger partial charge in [0.15, 0.2) is 6.03 Å². The monoisotopic (exact) mass is 422 g/mol. The van der Waals surface area contributed by atoms with E-state index in [4.69, 9.17) is 11.6 Å². The molecule has 4 nitrogen and oxygen atoms in total. The van der Waals surface area contributed by atoms with Crippen LogP contribution in [0.1, 0.15) is 41.5 Å². The van der Waals surface area contributed by atoms with Gasteiger partial charge in [0.1, 0.15) is 12.1 Å². The van der Waals surface area contributed by atoms with Gasteiger partial charge in [0.2, 0.25) is 0 Å². The molecule has 0 saturated heterocycles. The van der Waals surface area contributed by atoms with E-state index in [0.29, 0.717) is 6.29 Å². The molecule has 0 fully saturated rings. The number of carbonyl (C=O) groups is 2. The van der Waals surface area contributed by atoms with Crippen LogP contribution in [-0.4, -0.2) is 18.4 Å². The number of nitrogens with one attached hydrogen (secondary N) is 1. The molecule has 1 unspecified atom stereocenters. The molecular formula is C20H29ClFKN2O2. The molecule has 0 aliphatic rings. The van der Waals surface area contributed by atoms with Gasteiger partial charge in [-0.15, -0.1) is 12.8 Å². The number of urea groups is 1. The summed E-state index contributed by atoms with van der Waals surface area (Å²) in [6, 6.07) is 2.33. The molecule has 2 amide bonds. The molecular weight excluding hydrogens is 394 g/mol. The number of nitrogens with zero attached hydrogens (tertiary/aromatic N) is 1. The molecule has 0 bridgehead atoms. The largest absolute Gasteiger partial charge is 1.00 e. The second kappa shape index (κ2) is 23.4. The van der Waals surface area contributed by atoms with Crippen LogP contribution in [0.3, 0.4) is 0 Å². The van der Waals surface area contributed by atoms with Crippen molar-refractivity contribution in [1.29, 1.82) is 0 Å². The smallest absolute Gasteiger partial charge is 0.439 e. The van der Waals surface area contributed by atoms with Crippen LogP contribution in [0.15, 0.2) is 30.4 Å². The quantitative estimate of drug-likeness (QED) is 0.342. The summed E-state index contributed by atoms with van der Waals surface area (Å²) in [5.41, 5.74) is 0.220. The molecule has 0 aromatic heterocycles. The first-order chi connectivity index (χ1) is 12.5. The summed E-state index contributed by atoms with van der Waals surface area (Å²) in [6.45, 7) is 11.6. The van der Waals surface area contributed by atoms with Gasteiger partial charge in [0.25, 0.3) is 0 Å². The standard InChI is InChI=1S/C14H16ClFN2O2.2C2H6.C2H2.K/c1-3-4-9(2)13(8-19)18-14(20)17-10-5-6-12(16)11(15)7-10;3*1-2;/h3-9,13H,1-2H3,(H2,17,18,20);2*1-2H3;1-2H;/q;;;;+1/p-1/b4-3-;;;;/t9?,13-;;;;/m0..../s1. The van der Waals surface area contributed by atoms with Crippen LogP contribution >= 0.6 is 11.6 Å². The van der Waals surface area contributed by atoms with Gasteiger partial charge >= 0.3 is 51.4 Å². The minimum absolute atomic E-state index is 0. The summed E-state index contributed by atoms with van der Waals surface area (Å²) in [4.78, 5) is 22.6. The van der Waals surface area contributed by atoms with Crippen molar-refractivity contribution < 1.29 is 65.4 Å². The van der Waals surface area contributed by atoms with E-state index >= 15 is 0 Å². The predicted molar refractivity (Wildman–Crippen MR) is 109 cm³/mol. The summed E-state index contributed by atoms with van der Waals surface area (Å²) in [6.07, 6.45) is 12.2. The fraction of sp³-hybridized carbons (Fsp3) is 0.400. The molecule has 7 heteroatoms. The number of carbonyl (C=O) groups excluding carboxylic acids is 2. The van der Waals surface area contributed by atoms with Gasteiger partial charge in [0.05, 0.1) is 5.02 Å². The predicted octanol–water partition coefficient (Wildman–Crippen LogP) is 3.28.